The molecule has 13 heavy (non-hydrogen) atoms. The van der Waals surface area contributed by atoms with Crippen molar-refractivity contribution in [3.8, 4) is 0 Å². The van der Waals surface area contributed by atoms with Crippen LogP contribution in [0.15, 0.2) is 0 Å². The Kier molecular flexibility index (Phi) is 3.69. The van der Waals surface area contributed by atoms with Gasteiger partial charge in [-0.3, -0.25) is 9.69 Å². The van der Waals surface area contributed by atoms with E-state index in [0.717, 1.165) is 13.1 Å². The maximum absolute atomic E-state index is 10.9. The Morgan fingerprint density at radius 2 is 2.38 bits per heavy atom. The Morgan fingerprint density at radius 3 is 2.92 bits per heavy atom. The maximum atomic E-state index is 10.9. The van der Waals surface area contributed by atoms with Crippen molar-refractivity contribution in [2.75, 3.05) is 26.2 Å². The van der Waals surface area contributed by atoms with E-state index in [1.165, 1.54) is 0 Å². The Bertz CT molecular complexity index is 182. The van der Waals surface area contributed by atoms with Gasteiger partial charge in [-0.2, -0.15) is 0 Å². The van der Waals surface area contributed by atoms with Gasteiger partial charge in [-0.1, -0.05) is 13.8 Å². The fourth-order valence-corrected chi connectivity index (χ4v) is 1.56. The standard InChI is InChI=1S/C9H18N2O2/c1-7(2)5-11-3-4-13-8(6-11)9(10)12/h7-8H,3-6H2,1-2H3,(H2,10,12). The van der Waals surface area contributed by atoms with Crippen molar-refractivity contribution in [3.63, 3.8) is 0 Å². The molecule has 0 aromatic rings. The minimum Gasteiger partial charge on any atom is -0.367 e. The van der Waals surface area contributed by atoms with Crippen LogP contribution in [0.2, 0.25) is 0 Å². The second-order valence-electron chi connectivity index (χ2n) is 3.92. The first-order valence-electron chi connectivity index (χ1n) is 4.73. The predicted molar refractivity (Wildman–Crippen MR) is 50.2 cm³/mol. The number of rotatable bonds is 3. The third-order valence-corrected chi connectivity index (χ3v) is 2.09. The zero-order valence-corrected chi connectivity index (χ0v) is 8.32. The van der Waals surface area contributed by atoms with Gasteiger partial charge in [-0.05, 0) is 5.92 Å². The summed E-state index contributed by atoms with van der Waals surface area (Å²) in [5.74, 6) is 0.264. The van der Waals surface area contributed by atoms with Gasteiger partial charge in [0.15, 0.2) is 0 Å². The lowest BCUT2D eigenvalue weighted by molar-refractivity contribution is -0.135. The largest absolute Gasteiger partial charge is 0.367 e. The van der Waals surface area contributed by atoms with Gasteiger partial charge >= 0.3 is 0 Å². The van der Waals surface area contributed by atoms with Crippen molar-refractivity contribution in [2.24, 2.45) is 11.7 Å². The lowest BCUT2D eigenvalue weighted by atomic mass is 10.2. The van der Waals surface area contributed by atoms with E-state index in [9.17, 15) is 4.79 Å². The molecule has 0 radical (unpaired) electrons. The maximum Gasteiger partial charge on any atom is 0.247 e. The normalized spacial score (nSPS) is 25.0. The second-order valence-corrected chi connectivity index (χ2v) is 3.92. The first-order chi connectivity index (χ1) is 6.09. The van der Waals surface area contributed by atoms with Crippen molar-refractivity contribution >= 4 is 5.91 Å². The van der Waals surface area contributed by atoms with Crippen molar-refractivity contribution in [1.29, 1.82) is 0 Å². The topological polar surface area (TPSA) is 55.6 Å². The van der Waals surface area contributed by atoms with Gasteiger partial charge in [0.2, 0.25) is 5.91 Å². The lowest BCUT2D eigenvalue weighted by Gasteiger charge is -2.32. The second kappa shape index (κ2) is 4.58. The molecule has 1 unspecified atom stereocenters. The van der Waals surface area contributed by atoms with Crippen LogP contribution in [0.1, 0.15) is 13.8 Å². The number of nitrogens with zero attached hydrogens (tertiary/aromatic N) is 1. The molecule has 1 rings (SSSR count). The van der Waals surface area contributed by atoms with Crippen LogP contribution in [0.5, 0.6) is 0 Å². The summed E-state index contributed by atoms with van der Waals surface area (Å²) in [4.78, 5) is 13.1. The van der Waals surface area contributed by atoms with Crippen molar-refractivity contribution < 1.29 is 9.53 Å². The average Bonchev–Trinajstić information content (AvgIpc) is 2.03. The summed E-state index contributed by atoms with van der Waals surface area (Å²) < 4.78 is 5.23. The summed E-state index contributed by atoms with van der Waals surface area (Å²) >= 11 is 0. The molecule has 1 saturated heterocycles. The summed E-state index contributed by atoms with van der Waals surface area (Å²) in [7, 11) is 0. The number of ether oxygens (including phenoxy) is 1. The minimum absolute atomic E-state index is 0.353. The molecule has 0 aromatic carbocycles. The first kappa shape index (κ1) is 10.5. The fraction of sp³-hybridized carbons (Fsp3) is 0.889. The van der Waals surface area contributed by atoms with Crippen molar-refractivity contribution in [3.05, 3.63) is 0 Å². The fourth-order valence-electron chi connectivity index (χ4n) is 1.56. The highest BCUT2D eigenvalue weighted by Crippen LogP contribution is 2.07. The van der Waals surface area contributed by atoms with E-state index < -0.39 is 6.10 Å². The number of hydrogen-bond donors (Lipinski definition) is 1. The highest BCUT2D eigenvalue weighted by atomic mass is 16.5. The molecule has 1 fully saturated rings. The predicted octanol–water partition coefficient (Wildman–Crippen LogP) is -0.171. The smallest absolute Gasteiger partial charge is 0.247 e. The van der Waals surface area contributed by atoms with E-state index in [1.807, 2.05) is 0 Å². The van der Waals surface area contributed by atoms with Crippen LogP contribution in [0.3, 0.4) is 0 Å². The summed E-state index contributed by atoms with van der Waals surface area (Å²) in [5.41, 5.74) is 5.17. The van der Waals surface area contributed by atoms with E-state index in [4.69, 9.17) is 10.5 Å². The van der Waals surface area contributed by atoms with Gasteiger partial charge < -0.3 is 10.5 Å². The average molecular weight is 186 g/mol. The van der Waals surface area contributed by atoms with Crippen LogP contribution in [-0.4, -0.2) is 43.2 Å². The third kappa shape index (κ3) is 3.32. The monoisotopic (exact) mass is 186 g/mol. The molecule has 1 aliphatic rings. The molecule has 1 atom stereocenters. The Labute approximate surface area is 79.0 Å². The van der Waals surface area contributed by atoms with E-state index in [0.29, 0.717) is 19.1 Å². The SMILES string of the molecule is CC(C)CN1CCOC(C(N)=O)C1. The summed E-state index contributed by atoms with van der Waals surface area (Å²) in [6.07, 6.45) is -0.410. The number of amides is 1. The Morgan fingerprint density at radius 1 is 1.69 bits per heavy atom. The number of carbonyl (C=O) groups is 1. The van der Waals surface area contributed by atoms with Crippen molar-refractivity contribution in [2.45, 2.75) is 20.0 Å². The highest BCUT2D eigenvalue weighted by Gasteiger charge is 2.24. The van der Waals surface area contributed by atoms with Gasteiger partial charge in [0.25, 0.3) is 0 Å². The van der Waals surface area contributed by atoms with E-state index in [2.05, 4.69) is 18.7 Å². The summed E-state index contributed by atoms with van der Waals surface area (Å²) in [5, 5.41) is 0. The molecule has 0 aliphatic carbocycles. The number of morpholine rings is 1. The number of primary amides is 1. The molecule has 76 valence electrons. The van der Waals surface area contributed by atoms with Gasteiger partial charge in [-0.15, -0.1) is 0 Å². The minimum atomic E-state index is -0.410. The van der Waals surface area contributed by atoms with Gasteiger partial charge in [0.1, 0.15) is 6.10 Å². The van der Waals surface area contributed by atoms with Crippen LogP contribution in [0.4, 0.5) is 0 Å². The molecule has 2 N–H and O–H groups in total. The quantitative estimate of drug-likeness (QED) is 0.665. The molecular formula is C9H18N2O2. The zero-order valence-electron chi connectivity index (χ0n) is 8.32. The molecule has 4 heteroatoms. The molecule has 0 aromatic heterocycles. The van der Waals surface area contributed by atoms with Gasteiger partial charge in [-0.25, -0.2) is 0 Å². The van der Waals surface area contributed by atoms with Crippen LogP contribution >= 0.6 is 0 Å². The number of hydrogen-bond acceptors (Lipinski definition) is 3. The molecule has 1 heterocycles. The molecule has 4 nitrogen and oxygen atoms in total. The molecule has 1 aliphatic heterocycles. The molecular weight excluding hydrogens is 168 g/mol. The molecule has 0 spiro atoms. The van der Waals surface area contributed by atoms with E-state index in [-0.39, 0.29) is 5.91 Å². The van der Waals surface area contributed by atoms with Crippen LogP contribution in [0.25, 0.3) is 0 Å². The summed E-state index contributed by atoms with van der Waals surface area (Å²) in [6.45, 7) is 7.49. The van der Waals surface area contributed by atoms with Crippen molar-refractivity contribution in [1.82, 2.24) is 4.90 Å². The first-order valence-corrected chi connectivity index (χ1v) is 4.73. The van der Waals surface area contributed by atoms with Gasteiger partial charge in [0, 0.05) is 19.6 Å². The highest BCUT2D eigenvalue weighted by molar-refractivity contribution is 5.79. The zero-order chi connectivity index (χ0) is 9.84. The van der Waals surface area contributed by atoms with Crippen LogP contribution < -0.4 is 5.73 Å². The lowest BCUT2D eigenvalue weighted by Crippen LogP contribution is -2.49. The third-order valence-electron chi connectivity index (χ3n) is 2.09. The van der Waals surface area contributed by atoms with Gasteiger partial charge in [0.05, 0.1) is 6.61 Å². The van der Waals surface area contributed by atoms with E-state index in [1.54, 1.807) is 0 Å². The molecule has 0 saturated carbocycles. The number of carbonyl (C=O) groups excluding carboxylic acids is 1. The summed E-state index contributed by atoms with van der Waals surface area (Å²) in [6, 6.07) is 0. The number of nitrogens with two attached hydrogens (primary N) is 1. The van der Waals surface area contributed by atoms with E-state index >= 15 is 0 Å². The van der Waals surface area contributed by atoms with Crippen LogP contribution in [-0.2, 0) is 9.53 Å². The molecule has 0 bridgehead atoms. The molecule has 1 amide bonds. The Balaban J connectivity index is 2.37. The Hall–Kier alpha value is -0.610. The van der Waals surface area contributed by atoms with Crippen LogP contribution in [0, 0.1) is 5.92 Å².